The van der Waals surface area contributed by atoms with Gasteiger partial charge in [0.05, 0.1) is 13.0 Å². The molecule has 0 saturated carbocycles. The Kier molecular flexibility index (Phi) is 20.0. The van der Waals surface area contributed by atoms with Gasteiger partial charge in [-0.25, -0.2) is 4.79 Å². The van der Waals surface area contributed by atoms with Crippen LogP contribution in [0, 0.1) is 0 Å². The van der Waals surface area contributed by atoms with E-state index in [2.05, 4.69) is 17.2 Å². The van der Waals surface area contributed by atoms with Crippen molar-refractivity contribution < 1.29 is 23.9 Å². The van der Waals surface area contributed by atoms with Crippen molar-refractivity contribution in [2.45, 2.75) is 136 Å². The molecule has 0 atom stereocenters. The molecule has 0 unspecified atom stereocenters. The summed E-state index contributed by atoms with van der Waals surface area (Å²) in [5.41, 5.74) is 0.0175. The Labute approximate surface area is 214 Å². The first-order valence-corrected chi connectivity index (χ1v) is 13.7. The zero-order valence-electron chi connectivity index (χ0n) is 23.0. The Morgan fingerprint density at radius 1 is 0.714 bits per heavy atom. The third-order valence-corrected chi connectivity index (χ3v) is 5.50. The van der Waals surface area contributed by atoms with Crippen LogP contribution in [0.15, 0.2) is 12.3 Å². The minimum atomic E-state index is -0.501. The van der Waals surface area contributed by atoms with Gasteiger partial charge in [-0.05, 0) is 40.0 Å². The highest BCUT2D eigenvalue weighted by Gasteiger charge is 2.16. The molecular formula is C28H52N2O5. The van der Waals surface area contributed by atoms with E-state index >= 15 is 0 Å². The molecule has 7 nitrogen and oxygen atoms in total. The summed E-state index contributed by atoms with van der Waals surface area (Å²) in [7, 11) is 0. The normalized spacial score (nSPS) is 11.1. The highest BCUT2D eigenvalue weighted by molar-refractivity contribution is 5.76. The zero-order valence-corrected chi connectivity index (χ0v) is 23.0. The van der Waals surface area contributed by atoms with Crippen LogP contribution in [-0.4, -0.2) is 36.7 Å². The number of esters is 2. The number of carbonyl (C=O) groups excluding carboxylic acids is 3. The SMILES string of the molecule is C=C(CCC(=O)OC(C)(C)C)NC(=O)NCCCCCCCCCCCCCCCCOC(C)=O. The van der Waals surface area contributed by atoms with Gasteiger partial charge in [-0.3, -0.25) is 9.59 Å². The summed E-state index contributed by atoms with van der Waals surface area (Å²) in [4.78, 5) is 34.3. The average molecular weight is 497 g/mol. The number of amides is 2. The maximum atomic E-state index is 11.9. The Hall–Kier alpha value is -2.05. The third kappa shape index (κ3) is 26.4. The number of nitrogens with one attached hydrogen (secondary N) is 2. The van der Waals surface area contributed by atoms with Crippen molar-refractivity contribution in [2.24, 2.45) is 0 Å². The van der Waals surface area contributed by atoms with E-state index in [1.807, 2.05) is 20.8 Å². The lowest BCUT2D eigenvalue weighted by atomic mass is 10.0. The highest BCUT2D eigenvalue weighted by atomic mass is 16.6. The Balaban J connectivity index is 3.37. The number of rotatable bonds is 21. The fraction of sp³-hybridized carbons (Fsp3) is 0.821. The van der Waals surface area contributed by atoms with Crippen molar-refractivity contribution in [3.05, 3.63) is 12.3 Å². The first-order chi connectivity index (χ1) is 16.6. The summed E-state index contributed by atoms with van der Waals surface area (Å²) < 4.78 is 10.2. The Morgan fingerprint density at radius 2 is 1.17 bits per heavy atom. The molecule has 0 aromatic carbocycles. The topological polar surface area (TPSA) is 93.7 Å². The summed E-state index contributed by atoms with van der Waals surface area (Å²) >= 11 is 0. The van der Waals surface area contributed by atoms with E-state index in [0.717, 1.165) is 25.7 Å². The Bertz CT molecular complexity index is 599. The van der Waals surface area contributed by atoms with Crippen LogP contribution in [0.2, 0.25) is 0 Å². The molecule has 0 saturated heterocycles. The van der Waals surface area contributed by atoms with E-state index in [-0.39, 0.29) is 24.4 Å². The molecule has 0 fully saturated rings. The fourth-order valence-corrected chi connectivity index (χ4v) is 3.68. The number of ether oxygens (including phenoxy) is 2. The average Bonchev–Trinajstić information content (AvgIpc) is 2.75. The van der Waals surface area contributed by atoms with Gasteiger partial charge in [0.2, 0.25) is 0 Å². The van der Waals surface area contributed by atoms with Crippen LogP contribution < -0.4 is 10.6 Å². The summed E-state index contributed by atoms with van der Waals surface area (Å²) in [6, 6.07) is -0.263. The molecule has 0 bridgehead atoms. The van der Waals surface area contributed by atoms with Crippen molar-refractivity contribution >= 4 is 18.0 Å². The molecule has 2 amide bonds. The molecule has 204 valence electrons. The summed E-state index contributed by atoms with van der Waals surface area (Å²) in [6.07, 6.45) is 17.7. The van der Waals surface area contributed by atoms with Gasteiger partial charge in [0.15, 0.2) is 0 Å². The molecule has 0 heterocycles. The molecule has 0 aromatic heterocycles. The Morgan fingerprint density at radius 3 is 1.63 bits per heavy atom. The van der Waals surface area contributed by atoms with Gasteiger partial charge in [0, 0.05) is 19.2 Å². The van der Waals surface area contributed by atoms with Crippen LogP contribution >= 0.6 is 0 Å². The number of unbranched alkanes of at least 4 members (excludes halogenated alkanes) is 13. The maximum absolute atomic E-state index is 11.9. The van der Waals surface area contributed by atoms with Crippen molar-refractivity contribution in [1.82, 2.24) is 10.6 Å². The first kappa shape index (κ1) is 33.0. The number of urea groups is 1. The summed E-state index contributed by atoms with van der Waals surface area (Å²) in [5, 5.41) is 5.53. The van der Waals surface area contributed by atoms with Crippen LogP contribution in [0.5, 0.6) is 0 Å². The van der Waals surface area contributed by atoms with Gasteiger partial charge in [-0.2, -0.15) is 0 Å². The smallest absolute Gasteiger partial charge is 0.318 e. The maximum Gasteiger partial charge on any atom is 0.318 e. The van der Waals surface area contributed by atoms with E-state index in [1.165, 1.54) is 71.1 Å². The van der Waals surface area contributed by atoms with E-state index in [1.54, 1.807) is 0 Å². The lowest BCUT2D eigenvalue weighted by Gasteiger charge is -2.19. The van der Waals surface area contributed by atoms with Crippen LogP contribution in [0.4, 0.5) is 4.79 Å². The summed E-state index contributed by atoms with van der Waals surface area (Å²) in [6.45, 7) is 12.0. The van der Waals surface area contributed by atoms with Crippen molar-refractivity contribution in [3.8, 4) is 0 Å². The standard InChI is InChI=1S/C28H52N2O5/c1-24(20-21-26(32)35-28(3,4)5)30-27(33)29-22-18-16-14-12-10-8-6-7-9-11-13-15-17-19-23-34-25(2)31/h1,6-23H2,2-5H3,(H2,29,30,33). The second kappa shape index (κ2) is 21.3. The lowest BCUT2D eigenvalue weighted by molar-refractivity contribution is -0.154. The zero-order chi connectivity index (χ0) is 26.4. The molecule has 0 aromatic rings. The molecule has 0 aliphatic rings. The predicted octanol–water partition coefficient (Wildman–Crippen LogP) is 6.95. The molecule has 0 radical (unpaired) electrons. The largest absolute Gasteiger partial charge is 0.466 e. The quantitative estimate of drug-likeness (QED) is 0.132. The summed E-state index contributed by atoms with van der Waals surface area (Å²) in [5.74, 6) is -0.471. The van der Waals surface area contributed by atoms with Gasteiger partial charge in [0.25, 0.3) is 0 Å². The van der Waals surface area contributed by atoms with Gasteiger partial charge < -0.3 is 20.1 Å². The van der Waals surface area contributed by atoms with Gasteiger partial charge >= 0.3 is 18.0 Å². The number of hydrogen-bond acceptors (Lipinski definition) is 5. The first-order valence-electron chi connectivity index (χ1n) is 13.7. The van der Waals surface area contributed by atoms with Crippen molar-refractivity contribution in [2.75, 3.05) is 13.2 Å². The van der Waals surface area contributed by atoms with Crippen LogP contribution in [0.1, 0.15) is 130 Å². The third-order valence-electron chi connectivity index (χ3n) is 5.50. The molecule has 35 heavy (non-hydrogen) atoms. The number of carbonyl (C=O) groups is 3. The lowest BCUT2D eigenvalue weighted by Crippen LogP contribution is -2.35. The fourth-order valence-electron chi connectivity index (χ4n) is 3.68. The van der Waals surface area contributed by atoms with Crippen LogP contribution in [0.25, 0.3) is 0 Å². The van der Waals surface area contributed by atoms with Gasteiger partial charge in [-0.15, -0.1) is 0 Å². The molecule has 7 heteroatoms. The minimum Gasteiger partial charge on any atom is -0.466 e. The van der Waals surface area contributed by atoms with E-state index < -0.39 is 5.60 Å². The molecule has 2 N–H and O–H groups in total. The van der Waals surface area contributed by atoms with Crippen molar-refractivity contribution in [1.29, 1.82) is 0 Å². The van der Waals surface area contributed by atoms with E-state index in [9.17, 15) is 14.4 Å². The highest BCUT2D eigenvalue weighted by Crippen LogP contribution is 2.13. The molecule has 0 spiro atoms. The molecular weight excluding hydrogens is 444 g/mol. The molecule has 0 aliphatic heterocycles. The van der Waals surface area contributed by atoms with Gasteiger partial charge in [0.1, 0.15) is 5.60 Å². The number of hydrogen-bond donors (Lipinski definition) is 2. The minimum absolute atomic E-state index is 0.181. The van der Waals surface area contributed by atoms with Gasteiger partial charge in [-0.1, -0.05) is 83.6 Å². The second-order valence-electron chi connectivity index (χ2n) is 10.4. The van der Waals surface area contributed by atoms with Crippen LogP contribution in [0.3, 0.4) is 0 Å². The molecule has 0 rings (SSSR count). The van der Waals surface area contributed by atoms with Crippen LogP contribution in [-0.2, 0) is 19.1 Å². The van der Waals surface area contributed by atoms with E-state index in [4.69, 9.17) is 9.47 Å². The van der Waals surface area contributed by atoms with E-state index in [0.29, 0.717) is 25.3 Å². The van der Waals surface area contributed by atoms with Crippen molar-refractivity contribution in [3.63, 3.8) is 0 Å². The molecule has 0 aliphatic carbocycles. The predicted molar refractivity (Wildman–Crippen MR) is 142 cm³/mol. The second-order valence-corrected chi connectivity index (χ2v) is 10.4. The number of allylic oxidation sites excluding steroid dienone is 1. The monoisotopic (exact) mass is 496 g/mol.